The fourth-order valence-electron chi connectivity index (χ4n) is 4.88. The Kier molecular flexibility index (Phi) is 10.7. The molecule has 13 heteroatoms. The van der Waals surface area contributed by atoms with E-state index >= 15 is 0 Å². The normalized spacial score (nSPS) is 14.6. The highest BCUT2D eigenvalue weighted by Gasteiger charge is 2.35. The van der Waals surface area contributed by atoms with Crippen LogP contribution in [0.4, 0.5) is 4.39 Å². The minimum Gasteiger partial charge on any atom is -0.493 e. The van der Waals surface area contributed by atoms with Crippen LogP contribution in [-0.4, -0.2) is 31.4 Å². The molecule has 4 aromatic rings. The molecule has 1 aliphatic rings. The van der Waals surface area contributed by atoms with Crippen LogP contribution >= 0.6 is 72.4 Å². The van der Waals surface area contributed by atoms with Gasteiger partial charge in [0, 0.05) is 10.0 Å². The number of benzene rings is 3. The van der Waals surface area contributed by atoms with Gasteiger partial charge in [-0.3, -0.25) is 9.36 Å². The van der Waals surface area contributed by atoms with Gasteiger partial charge in [-0.2, -0.15) is 0 Å². The maximum atomic E-state index is 14.1. The summed E-state index contributed by atoms with van der Waals surface area (Å²) in [5.74, 6) is 0.678. The van der Waals surface area contributed by atoms with E-state index in [4.69, 9.17) is 18.9 Å². The lowest BCUT2D eigenvalue weighted by Gasteiger charge is -2.26. The van der Waals surface area contributed by atoms with E-state index < -0.39 is 12.0 Å². The predicted molar refractivity (Wildman–Crippen MR) is 190 cm³/mol. The SMILES string of the molecule is CCOC(=O)C1=C(C)N=c2s/c(=C\c3cc(I)c(OCc4ccccc4F)c(I)c3)c(=O)n2[C@H]1c1cc(OC)c(OC)cc1Br. The van der Waals surface area contributed by atoms with E-state index in [9.17, 15) is 14.0 Å². The topological polar surface area (TPSA) is 88.4 Å². The fourth-order valence-corrected chi connectivity index (χ4v) is 8.60. The minimum atomic E-state index is -0.842. The summed E-state index contributed by atoms with van der Waals surface area (Å²) in [5, 5.41) is 0. The molecular formula is C32H26BrFI2N2O6S. The first-order valence-electron chi connectivity index (χ1n) is 13.5. The molecule has 0 N–H and O–H groups in total. The zero-order valence-electron chi connectivity index (χ0n) is 24.5. The molecule has 0 fully saturated rings. The molecule has 1 atom stereocenters. The molecule has 234 valence electrons. The number of fused-ring (bicyclic) bond motifs is 1. The van der Waals surface area contributed by atoms with Gasteiger partial charge < -0.3 is 18.9 Å². The number of carbonyl (C=O) groups excluding carboxylic acids is 1. The second-order valence-electron chi connectivity index (χ2n) is 9.72. The average molecular weight is 919 g/mol. The maximum absolute atomic E-state index is 14.1. The molecule has 45 heavy (non-hydrogen) atoms. The van der Waals surface area contributed by atoms with Crippen LogP contribution in [0.15, 0.2) is 74.1 Å². The molecule has 1 aliphatic heterocycles. The summed E-state index contributed by atoms with van der Waals surface area (Å²) in [5.41, 5.74) is 2.24. The van der Waals surface area contributed by atoms with Crippen LogP contribution < -0.4 is 29.1 Å². The summed E-state index contributed by atoms with van der Waals surface area (Å²) in [4.78, 5) is 32.5. The molecule has 2 heterocycles. The zero-order chi connectivity index (χ0) is 32.4. The van der Waals surface area contributed by atoms with Crippen LogP contribution in [0.25, 0.3) is 6.08 Å². The molecule has 1 aromatic heterocycles. The van der Waals surface area contributed by atoms with Gasteiger partial charge in [0.2, 0.25) is 0 Å². The summed E-state index contributed by atoms with van der Waals surface area (Å²) in [6.45, 7) is 3.71. The van der Waals surface area contributed by atoms with E-state index in [0.717, 1.165) is 12.7 Å². The monoisotopic (exact) mass is 918 g/mol. The van der Waals surface area contributed by atoms with E-state index in [2.05, 4.69) is 66.1 Å². The molecule has 0 saturated heterocycles. The van der Waals surface area contributed by atoms with Gasteiger partial charge in [0.05, 0.1) is 49.8 Å². The lowest BCUT2D eigenvalue weighted by molar-refractivity contribution is -0.139. The molecule has 0 saturated carbocycles. The van der Waals surface area contributed by atoms with Crippen molar-refractivity contribution in [3.63, 3.8) is 0 Å². The minimum absolute atomic E-state index is 0.0878. The third-order valence-corrected chi connectivity index (χ3v) is 10.2. The lowest BCUT2D eigenvalue weighted by Crippen LogP contribution is -2.40. The van der Waals surface area contributed by atoms with Crippen LogP contribution in [0.3, 0.4) is 0 Å². The molecule has 0 bridgehead atoms. The Morgan fingerprint density at radius 3 is 2.42 bits per heavy atom. The van der Waals surface area contributed by atoms with Crippen molar-refractivity contribution in [1.82, 2.24) is 4.57 Å². The number of methoxy groups -OCH3 is 2. The number of carbonyl (C=O) groups is 1. The van der Waals surface area contributed by atoms with Crippen molar-refractivity contribution in [3.8, 4) is 17.2 Å². The van der Waals surface area contributed by atoms with Gasteiger partial charge in [-0.15, -0.1) is 0 Å². The summed E-state index contributed by atoms with van der Waals surface area (Å²) >= 11 is 9.19. The van der Waals surface area contributed by atoms with E-state index in [1.807, 2.05) is 12.1 Å². The number of rotatable bonds is 9. The number of halogens is 4. The number of ether oxygens (including phenoxy) is 4. The summed E-state index contributed by atoms with van der Waals surface area (Å²) in [6.07, 6.45) is 1.79. The van der Waals surface area contributed by atoms with Crippen LogP contribution in [0, 0.1) is 13.0 Å². The molecule has 0 amide bonds. The molecule has 5 rings (SSSR count). The van der Waals surface area contributed by atoms with E-state index in [-0.39, 0.29) is 30.2 Å². The third kappa shape index (κ3) is 6.86. The first kappa shape index (κ1) is 33.6. The summed E-state index contributed by atoms with van der Waals surface area (Å²) in [6, 6.07) is 12.9. The van der Waals surface area contributed by atoms with Crippen LogP contribution in [-0.2, 0) is 16.1 Å². The van der Waals surface area contributed by atoms with E-state index in [1.54, 1.807) is 50.3 Å². The molecule has 0 unspecified atom stereocenters. The van der Waals surface area contributed by atoms with Gasteiger partial charge >= 0.3 is 5.97 Å². The van der Waals surface area contributed by atoms with Gasteiger partial charge in [-0.05, 0) is 107 Å². The largest absolute Gasteiger partial charge is 0.493 e. The standard InChI is InChI=1S/C32H26BrFI2N2O6S/c1-5-43-31(40)27-16(2)37-32-38(28(27)19-13-24(41-3)25(42-4)14-20(19)33)30(39)26(45-32)12-17-10-22(35)29(23(36)11-17)44-15-18-8-6-7-9-21(18)34/h6-14,28H,5,15H2,1-4H3/b26-12-/t28-/m0/s1. The summed E-state index contributed by atoms with van der Waals surface area (Å²) < 4.78 is 40.7. The van der Waals surface area contributed by atoms with Crippen LogP contribution in [0.5, 0.6) is 17.2 Å². The number of nitrogens with zero attached hydrogens (tertiary/aromatic N) is 2. The lowest BCUT2D eigenvalue weighted by atomic mass is 9.95. The first-order chi connectivity index (χ1) is 21.6. The highest BCUT2D eigenvalue weighted by molar-refractivity contribution is 14.1. The molecule has 0 radical (unpaired) electrons. The Labute approximate surface area is 298 Å². The number of esters is 1. The van der Waals surface area contributed by atoms with Crippen molar-refractivity contribution in [2.45, 2.75) is 26.5 Å². The zero-order valence-corrected chi connectivity index (χ0v) is 31.2. The highest BCUT2D eigenvalue weighted by Crippen LogP contribution is 2.41. The number of allylic oxidation sites excluding steroid dienone is 1. The Hall–Kier alpha value is -2.76. The smallest absolute Gasteiger partial charge is 0.338 e. The predicted octanol–water partition coefficient (Wildman–Crippen LogP) is 6.51. The van der Waals surface area contributed by atoms with Gasteiger partial charge in [0.25, 0.3) is 5.56 Å². The number of hydrogen-bond donors (Lipinski definition) is 0. The van der Waals surface area contributed by atoms with Crippen molar-refractivity contribution in [1.29, 1.82) is 0 Å². The quantitative estimate of drug-likeness (QED) is 0.141. The van der Waals surface area contributed by atoms with Crippen molar-refractivity contribution >= 4 is 84.5 Å². The van der Waals surface area contributed by atoms with Gasteiger partial charge in [-0.25, -0.2) is 14.2 Å². The van der Waals surface area contributed by atoms with Crippen molar-refractivity contribution in [2.75, 3.05) is 20.8 Å². The second-order valence-corrected chi connectivity index (χ2v) is 13.9. The third-order valence-electron chi connectivity index (χ3n) is 6.96. The number of aromatic nitrogens is 1. The van der Waals surface area contributed by atoms with Gasteiger partial charge in [-0.1, -0.05) is 45.5 Å². The maximum Gasteiger partial charge on any atom is 0.338 e. The number of hydrogen-bond acceptors (Lipinski definition) is 8. The molecule has 0 aliphatic carbocycles. The first-order valence-corrected chi connectivity index (χ1v) is 17.3. The Bertz CT molecular complexity index is 2000. The highest BCUT2D eigenvalue weighted by atomic mass is 127. The van der Waals surface area contributed by atoms with Crippen LogP contribution in [0.1, 0.15) is 36.6 Å². The number of thiazole rings is 1. The van der Waals surface area contributed by atoms with Crippen molar-refractivity contribution in [3.05, 3.63) is 114 Å². The average Bonchev–Trinajstić information content (AvgIpc) is 3.30. The van der Waals surface area contributed by atoms with E-state index in [0.29, 0.717) is 47.9 Å². The Morgan fingerprint density at radius 1 is 1.11 bits per heavy atom. The molecule has 3 aromatic carbocycles. The van der Waals surface area contributed by atoms with Crippen molar-refractivity contribution < 1.29 is 28.1 Å². The van der Waals surface area contributed by atoms with Gasteiger partial charge in [0.1, 0.15) is 18.2 Å². The Morgan fingerprint density at radius 2 is 1.78 bits per heavy atom. The van der Waals surface area contributed by atoms with Crippen molar-refractivity contribution in [2.24, 2.45) is 4.99 Å². The van der Waals surface area contributed by atoms with Gasteiger partial charge in [0.15, 0.2) is 16.3 Å². The fraction of sp³-hybridized carbons (Fsp3) is 0.219. The molecular weight excluding hydrogens is 893 g/mol. The molecule has 8 nitrogen and oxygen atoms in total. The second kappa shape index (κ2) is 14.3. The Balaban J connectivity index is 1.61. The van der Waals surface area contributed by atoms with Crippen LogP contribution in [0.2, 0.25) is 0 Å². The molecule has 0 spiro atoms. The summed E-state index contributed by atoms with van der Waals surface area (Å²) in [7, 11) is 3.05. The van der Waals surface area contributed by atoms with E-state index in [1.165, 1.54) is 36.2 Å².